The molecular weight excluding hydrogens is 304 g/mol. The first-order valence-electron chi connectivity index (χ1n) is 6.90. The second-order valence-electron chi connectivity index (χ2n) is 6.11. The Hall–Kier alpha value is -1.79. The van der Waals surface area contributed by atoms with E-state index in [1.165, 1.54) is 0 Å². The molecule has 7 heteroatoms. The van der Waals surface area contributed by atoms with Crippen molar-refractivity contribution in [2.24, 2.45) is 11.1 Å². The van der Waals surface area contributed by atoms with Crippen LogP contribution in [0.5, 0.6) is 0 Å². The van der Waals surface area contributed by atoms with Crippen LogP contribution in [0.1, 0.15) is 30.1 Å². The lowest BCUT2D eigenvalue weighted by Crippen LogP contribution is -2.39. The summed E-state index contributed by atoms with van der Waals surface area (Å²) >= 11 is 0. The van der Waals surface area contributed by atoms with Crippen LogP contribution in [0, 0.1) is 12.3 Å². The van der Waals surface area contributed by atoms with Gasteiger partial charge in [0.25, 0.3) is 5.91 Å². The number of amides is 1. The summed E-state index contributed by atoms with van der Waals surface area (Å²) in [5.41, 5.74) is 6.64. The van der Waals surface area contributed by atoms with E-state index < -0.39 is 0 Å². The topological polar surface area (TPSA) is 88.1 Å². The molecule has 0 saturated heterocycles. The molecule has 122 valence electrons. The number of nitrogens with two attached hydrogens (primary N) is 1. The Labute approximate surface area is 136 Å². The fraction of sp³-hybridized carbons (Fsp3) is 0.467. The molecule has 0 aliphatic carbocycles. The van der Waals surface area contributed by atoms with E-state index in [-0.39, 0.29) is 23.7 Å². The monoisotopic (exact) mass is 326 g/mol. The molecule has 0 aliphatic rings. The number of aryl methyl sites for hydroxylation is 1. The molecule has 0 bridgehead atoms. The van der Waals surface area contributed by atoms with Gasteiger partial charge in [-0.15, -0.1) is 12.4 Å². The summed E-state index contributed by atoms with van der Waals surface area (Å²) in [5.74, 6) is 1.35. The Balaban J connectivity index is 0.00000242. The molecule has 2 rings (SSSR count). The maximum absolute atomic E-state index is 12.4. The Kier molecular flexibility index (Phi) is 5.79. The average Bonchev–Trinajstić information content (AvgIpc) is 3.05. The quantitative estimate of drug-likeness (QED) is 0.883. The smallest absolute Gasteiger partial charge is 0.274 e. The minimum absolute atomic E-state index is 0. The predicted octanol–water partition coefficient (Wildman–Crippen LogP) is 2.46. The second-order valence-corrected chi connectivity index (χ2v) is 6.11. The summed E-state index contributed by atoms with van der Waals surface area (Å²) in [5, 5.41) is 6.90. The number of nitrogens with zero attached hydrogens (tertiary/aromatic N) is 2. The molecule has 3 N–H and O–H groups in total. The summed E-state index contributed by atoms with van der Waals surface area (Å²) in [6.45, 7) is 7.01. The fourth-order valence-electron chi connectivity index (χ4n) is 2.11. The fourth-order valence-corrected chi connectivity index (χ4v) is 2.11. The van der Waals surface area contributed by atoms with Gasteiger partial charge in [0, 0.05) is 19.7 Å². The zero-order valence-electron chi connectivity index (χ0n) is 13.3. The van der Waals surface area contributed by atoms with Crippen LogP contribution in [0.3, 0.4) is 0 Å². The van der Waals surface area contributed by atoms with Crippen LogP contribution >= 0.6 is 12.4 Å². The van der Waals surface area contributed by atoms with Crippen molar-refractivity contribution < 1.29 is 9.21 Å². The van der Waals surface area contributed by atoms with E-state index in [9.17, 15) is 4.79 Å². The predicted molar refractivity (Wildman–Crippen MR) is 88.1 cm³/mol. The first-order chi connectivity index (χ1) is 9.82. The molecular formula is C15H23ClN4O2. The summed E-state index contributed by atoms with van der Waals surface area (Å²) < 4.78 is 5.51. The maximum atomic E-state index is 12.4. The van der Waals surface area contributed by atoms with Gasteiger partial charge >= 0.3 is 0 Å². The third-order valence-electron chi connectivity index (χ3n) is 3.37. The Morgan fingerprint density at radius 3 is 2.68 bits per heavy atom. The first kappa shape index (κ1) is 18.3. The van der Waals surface area contributed by atoms with Gasteiger partial charge in [0.05, 0.1) is 0 Å². The van der Waals surface area contributed by atoms with Crippen molar-refractivity contribution in [3.63, 3.8) is 0 Å². The summed E-state index contributed by atoms with van der Waals surface area (Å²) in [4.78, 5) is 14.0. The average molecular weight is 327 g/mol. The molecule has 2 heterocycles. The SMILES string of the molecule is Cc1ccc(-c2cc(C(=O)N(C)CC(C)(C)CN)n[nH]2)o1.Cl. The Morgan fingerprint density at radius 2 is 2.14 bits per heavy atom. The number of furan rings is 1. The number of hydrogen-bond donors (Lipinski definition) is 2. The number of aromatic nitrogens is 2. The van der Waals surface area contributed by atoms with E-state index in [4.69, 9.17) is 10.2 Å². The van der Waals surface area contributed by atoms with Gasteiger partial charge < -0.3 is 15.1 Å². The molecule has 0 aromatic carbocycles. The van der Waals surface area contributed by atoms with Gasteiger partial charge in [0.1, 0.15) is 11.5 Å². The highest BCUT2D eigenvalue weighted by Crippen LogP contribution is 2.21. The molecule has 1 amide bonds. The number of halogens is 1. The zero-order chi connectivity index (χ0) is 15.6. The number of rotatable bonds is 5. The second kappa shape index (κ2) is 6.98. The summed E-state index contributed by atoms with van der Waals surface area (Å²) in [6, 6.07) is 5.42. The van der Waals surface area contributed by atoms with Crippen molar-refractivity contribution >= 4 is 18.3 Å². The number of aromatic amines is 1. The van der Waals surface area contributed by atoms with Crippen molar-refractivity contribution in [1.29, 1.82) is 0 Å². The molecule has 0 saturated carbocycles. The van der Waals surface area contributed by atoms with E-state index in [1.54, 1.807) is 18.0 Å². The molecule has 2 aromatic rings. The highest BCUT2D eigenvalue weighted by molar-refractivity contribution is 5.93. The molecule has 0 aliphatic heterocycles. The molecule has 22 heavy (non-hydrogen) atoms. The summed E-state index contributed by atoms with van der Waals surface area (Å²) in [6.07, 6.45) is 0. The van der Waals surface area contributed by atoms with Gasteiger partial charge in [-0.25, -0.2) is 0 Å². The first-order valence-corrected chi connectivity index (χ1v) is 6.90. The van der Waals surface area contributed by atoms with Gasteiger partial charge in [0.2, 0.25) is 0 Å². The van der Waals surface area contributed by atoms with Crippen LogP contribution in [0.15, 0.2) is 22.6 Å². The van der Waals surface area contributed by atoms with Gasteiger partial charge in [-0.3, -0.25) is 9.89 Å². The van der Waals surface area contributed by atoms with Crippen molar-refractivity contribution in [3.05, 3.63) is 29.7 Å². The van der Waals surface area contributed by atoms with Crippen molar-refractivity contribution in [1.82, 2.24) is 15.1 Å². The van der Waals surface area contributed by atoms with E-state index in [2.05, 4.69) is 10.2 Å². The van der Waals surface area contributed by atoms with Crippen LogP contribution in [-0.2, 0) is 0 Å². The van der Waals surface area contributed by atoms with Gasteiger partial charge in [-0.1, -0.05) is 13.8 Å². The van der Waals surface area contributed by atoms with E-state index in [0.29, 0.717) is 30.2 Å². The number of carbonyl (C=O) groups excluding carboxylic acids is 1. The highest BCUT2D eigenvalue weighted by atomic mass is 35.5. The molecule has 2 aromatic heterocycles. The van der Waals surface area contributed by atoms with E-state index in [0.717, 1.165) is 5.76 Å². The minimum atomic E-state index is -0.137. The summed E-state index contributed by atoms with van der Waals surface area (Å²) in [7, 11) is 1.76. The van der Waals surface area contributed by atoms with Crippen molar-refractivity contribution in [3.8, 4) is 11.5 Å². The lowest BCUT2D eigenvalue weighted by molar-refractivity contribution is 0.0734. The highest BCUT2D eigenvalue weighted by Gasteiger charge is 2.23. The lowest BCUT2D eigenvalue weighted by Gasteiger charge is -2.28. The molecule has 6 nitrogen and oxygen atoms in total. The van der Waals surface area contributed by atoms with Crippen LogP contribution in [0.2, 0.25) is 0 Å². The maximum Gasteiger partial charge on any atom is 0.274 e. The number of hydrogen-bond acceptors (Lipinski definition) is 4. The number of carbonyl (C=O) groups is 1. The minimum Gasteiger partial charge on any atom is -0.460 e. The van der Waals surface area contributed by atoms with Crippen LogP contribution in [0.25, 0.3) is 11.5 Å². The normalized spacial score (nSPS) is 11.1. The van der Waals surface area contributed by atoms with Crippen LogP contribution < -0.4 is 5.73 Å². The zero-order valence-corrected chi connectivity index (χ0v) is 14.2. The Morgan fingerprint density at radius 1 is 1.45 bits per heavy atom. The number of nitrogens with one attached hydrogen (secondary N) is 1. The third-order valence-corrected chi connectivity index (χ3v) is 3.37. The molecule has 0 unspecified atom stereocenters. The van der Waals surface area contributed by atoms with Gasteiger partial charge in [-0.2, -0.15) is 5.10 Å². The van der Waals surface area contributed by atoms with Gasteiger partial charge in [-0.05, 0) is 31.0 Å². The standard InChI is InChI=1S/C15H22N4O2.ClH/c1-10-5-6-13(21-10)11-7-12(18-17-11)14(20)19(4)9-15(2,3)8-16;/h5-7H,8-9,16H2,1-4H3,(H,17,18);1H. The third kappa shape index (κ3) is 4.11. The molecule has 0 fully saturated rings. The van der Waals surface area contributed by atoms with Crippen LogP contribution in [-0.4, -0.2) is 41.1 Å². The Bertz CT molecular complexity index is 633. The van der Waals surface area contributed by atoms with E-state index in [1.807, 2.05) is 32.9 Å². The van der Waals surface area contributed by atoms with Crippen molar-refractivity contribution in [2.45, 2.75) is 20.8 Å². The molecule has 0 radical (unpaired) electrons. The van der Waals surface area contributed by atoms with Crippen LogP contribution in [0.4, 0.5) is 0 Å². The van der Waals surface area contributed by atoms with E-state index >= 15 is 0 Å². The number of H-pyrrole nitrogens is 1. The lowest BCUT2D eigenvalue weighted by atomic mass is 9.93. The van der Waals surface area contributed by atoms with Crippen molar-refractivity contribution in [2.75, 3.05) is 20.1 Å². The molecule has 0 spiro atoms. The van der Waals surface area contributed by atoms with Gasteiger partial charge in [0.15, 0.2) is 11.5 Å². The molecule has 0 atom stereocenters. The largest absolute Gasteiger partial charge is 0.460 e.